The highest BCUT2D eigenvalue weighted by atomic mass is 15.2. The first-order valence-corrected chi connectivity index (χ1v) is 7.29. The Bertz CT molecular complexity index is 400. The molecule has 1 N–H and O–H groups in total. The van der Waals surface area contributed by atoms with Crippen molar-refractivity contribution < 1.29 is 0 Å². The number of pyridine rings is 1. The molecule has 1 saturated heterocycles. The van der Waals surface area contributed by atoms with Crippen LogP contribution in [0.15, 0.2) is 18.2 Å². The molecule has 18 heavy (non-hydrogen) atoms. The molecule has 0 radical (unpaired) electrons. The monoisotopic (exact) mass is 245 g/mol. The molecular formula is C15H23N3. The van der Waals surface area contributed by atoms with E-state index in [0.717, 1.165) is 18.5 Å². The predicted molar refractivity (Wildman–Crippen MR) is 74.7 cm³/mol. The first-order valence-electron chi connectivity index (χ1n) is 7.29. The molecule has 3 nitrogen and oxygen atoms in total. The van der Waals surface area contributed by atoms with Gasteiger partial charge in [0.05, 0.1) is 5.69 Å². The smallest absolute Gasteiger partial charge is 0.128 e. The van der Waals surface area contributed by atoms with Crippen molar-refractivity contribution in [3.05, 3.63) is 23.9 Å². The van der Waals surface area contributed by atoms with Crippen molar-refractivity contribution in [3.63, 3.8) is 0 Å². The van der Waals surface area contributed by atoms with Crippen molar-refractivity contribution >= 4 is 5.82 Å². The molecule has 1 unspecified atom stereocenters. The molecule has 1 aromatic rings. The lowest BCUT2D eigenvalue weighted by Crippen LogP contribution is -2.22. The Morgan fingerprint density at radius 1 is 1.33 bits per heavy atom. The number of hydrogen-bond donors (Lipinski definition) is 1. The van der Waals surface area contributed by atoms with Crippen molar-refractivity contribution in [1.29, 1.82) is 0 Å². The minimum atomic E-state index is 0.756. The second-order valence-corrected chi connectivity index (χ2v) is 5.65. The zero-order valence-corrected chi connectivity index (χ0v) is 11.2. The van der Waals surface area contributed by atoms with E-state index in [1.807, 2.05) is 0 Å². The van der Waals surface area contributed by atoms with E-state index in [1.165, 1.54) is 50.3 Å². The first-order chi connectivity index (χ1) is 8.85. The summed E-state index contributed by atoms with van der Waals surface area (Å²) in [6.45, 7) is 5.56. The van der Waals surface area contributed by atoms with Crippen molar-refractivity contribution in [1.82, 2.24) is 10.3 Å². The van der Waals surface area contributed by atoms with Crippen molar-refractivity contribution in [2.45, 2.75) is 45.2 Å². The second-order valence-electron chi connectivity index (χ2n) is 5.65. The van der Waals surface area contributed by atoms with Crippen molar-refractivity contribution in [2.24, 2.45) is 5.92 Å². The lowest BCUT2D eigenvalue weighted by Gasteiger charge is -2.18. The summed E-state index contributed by atoms with van der Waals surface area (Å²) >= 11 is 0. The molecule has 0 amide bonds. The lowest BCUT2D eigenvalue weighted by atomic mass is 10.1. The van der Waals surface area contributed by atoms with Crippen LogP contribution in [0.4, 0.5) is 5.82 Å². The maximum atomic E-state index is 4.79. The lowest BCUT2D eigenvalue weighted by molar-refractivity contribution is 0.568. The van der Waals surface area contributed by atoms with Crippen LogP contribution in [-0.2, 0) is 6.54 Å². The van der Waals surface area contributed by atoms with Crippen molar-refractivity contribution in [3.8, 4) is 0 Å². The standard InChI is InChI=1S/C15H23N3/c1-2-12-8-9-18(11-12)15-5-3-4-14(17-15)10-16-13-6-7-13/h3-5,12-13,16H,2,6-11H2,1H3. The van der Waals surface area contributed by atoms with Crippen LogP contribution in [0.1, 0.15) is 38.3 Å². The van der Waals surface area contributed by atoms with Crippen LogP contribution in [0.5, 0.6) is 0 Å². The predicted octanol–water partition coefficient (Wildman–Crippen LogP) is 2.57. The van der Waals surface area contributed by atoms with Crippen molar-refractivity contribution in [2.75, 3.05) is 18.0 Å². The van der Waals surface area contributed by atoms with Crippen LogP contribution in [0.2, 0.25) is 0 Å². The molecule has 1 aromatic heterocycles. The molecule has 0 bridgehead atoms. The SMILES string of the molecule is CCC1CCN(c2cccc(CNC3CC3)n2)C1. The number of rotatable bonds is 5. The molecule has 98 valence electrons. The van der Waals surface area contributed by atoms with Crippen LogP contribution in [0, 0.1) is 5.92 Å². The minimum absolute atomic E-state index is 0.756. The minimum Gasteiger partial charge on any atom is -0.356 e. The maximum Gasteiger partial charge on any atom is 0.128 e. The van der Waals surface area contributed by atoms with Gasteiger partial charge in [0.1, 0.15) is 5.82 Å². The summed E-state index contributed by atoms with van der Waals surface area (Å²) in [5, 5.41) is 3.53. The zero-order valence-electron chi connectivity index (χ0n) is 11.2. The van der Waals surface area contributed by atoms with Crippen LogP contribution in [0.3, 0.4) is 0 Å². The molecule has 3 heteroatoms. The van der Waals surface area contributed by atoms with E-state index < -0.39 is 0 Å². The average Bonchev–Trinajstić information content (AvgIpc) is 3.12. The number of nitrogens with zero attached hydrogens (tertiary/aromatic N) is 2. The van der Waals surface area contributed by atoms with Crippen LogP contribution < -0.4 is 10.2 Å². The van der Waals surface area contributed by atoms with Gasteiger partial charge in [-0.1, -0.05) is 19.4 Å². The van der Waals surface area contributed by atoms with Crippen LogP contribution in [-0.4, -0.2) is 24.1 Å². The van der Waals surface area contributed by atoms with Gasteiger partial charge in [-0.15, -0.1) is 0 Å². The van der Waals surface area contributed by atoms with Gasteiger partial charge in [-0.2, -0.15) is 0 Å². The largest absolute Gasteiger partial charge is 0.356 e. The van der Waals surface area contributed by atoms with E-state index in [9.17, 15) is 0 Å². The van der Waals surface area contributed by atoms with E-state index >= 15 is 0 Å². The summed E-state index contributed by atoms with van der Waals surface area (Å²) in [6, 6.07) is 7.18. The quantitative estimate of drug-likeness (QED) is 0.864. The summed E-state index contributed by atoms with van der Waals surface area (Å²) in [7, 11) is 0. The van der Waals surface area contributed by atoms with E-state index in [2.05, 4.69) is 35.3 Å². The van der Waals surface area contributed by atoms with E-state index in [0.29, 0.717) is 0 Å². The van der Waals surface area contributed by atoms with Gasteiger partial charge in [-0.25, -0.2) is 4.98 Å². The zero-order chi connectivity index (χ0) is 12.4. The Morgan fingerprint density at radius 3 is 2.94 bits per heavy atom. The molecule has 1 aliphatic heterocycles. The number of nitrogens with one attached hydrogen (secondary N) is 1. The molecule has 0 aromatic carbocycles. The summed E-state index contributed by atoms with van der Waals surface area (Å²) in [5.74, 6) is 2.03. The number of anilines is 1. The van der Waals surface area contributed by atoms with Gasteiger partial charge < -0.3 is 10.2 Å². The molecule has 2 fully saturated rings. The van der Waals surface area contributed by atoms with E-state index in [-0.39, 0.29) is 0 Å². The highest BCUT2D eigenvalue weighted by Crippen LogP contribution is 2.24. The molecule has 1 saturated carbocycles. The van der Waals surface area contributed by atoms with Gasteiger partial charge in [0.25, 0.3) is 0 Å². The summed E-state index contributed by atoms with van der Waals surface area (Å²) < 4.78 is 0. The van der Waals surface area contributed by atoms with Gasteiger partial charge in [0.15, 0.2) is 0 Å². The number of hydrogen-bond acceptors (Lipinski definition) is 3. The molecule has 1 aliphatic carbocycles. The summed E-state index contributed by atoms with van der Waals surface area (Å²) in [4.78, 5) is 7.23. The first kappa shape index (κ1) is 12.0. The second kappa shape index (κ2) is 5.27. The maximum absolute atomic E-state index is 4.79. The molecule has 2 aliphatic rings. The molecule has 0 spiro atoms. The Morgan fingerprint density at radius 2 is 2.22 bits per heavy atom. The van der Waals surface area contributed by atoms with Gasteiger partial charge >= 0.3 is 0 Å². The summed E-state index contributed by atoms with van der Waals surface area (Å²) in [5.41, 5.74) is 1.18. The highest BCUT2D eigenvalue weighted by molar-refractivity contribution is 5.40. The van der Waals surface area contributed by atoms with E-state index in [4.69, 9.17) is 4.98 Å². The van der Waals surface area contributed by atoms with Gasteiger partial charge in [0.2, 0.25) is 0 Å². The van der Waals surface area contributed by atoms with Crippen LogP contribution in [0.25, 0.3) is 0 Å². The molecule has 3 rings (SSSR count). The normalized spacial score (nSPS) is 23.6. The van der Waals surface area contributed by atoms with Gasteiger partial charge in [-0.05, 0) is 37.3 Å². The third-order valence-electron chi connectivity index (χ3n) is 4.13. The average molecular weight is 245 g/mol. The molecule has 1 atom stereocenters. The fourth-order valence-corrected chi connectivity index (χ4v) is 2.65. The summed E-state index contributed by atoms with van der Waals surface area (Å²) in [6.07, 6.45) is 5.29. The highest BCUT2D eigenvalue weighted by Gasteiger charge is 2.23. The topological polar surface area (TPSA) is 28.2 Å². The Labute approximate surface area is 110 Å². The third-order valence-corrected chi connectivity index (χ3v) is 4.13. The molecular weight excluding hydrogens is 222 g/mol. The fourth-order valence-electron chi connectivity index (χ4n) is 2.65. The fraction of sp³-hybridized carbons (Fsp3) is 0.667. The molecule has 2 heterocycles. The third kappa shape index (κ3) is 2.83. The Kier molecular flexibility index (Phi) is 3.50. The van der Waals surface area contributed by atoms with Crippen LogP contribution >= 0.6 is 0 Å². The van der Waals surface area contributed by atoms with Gasteiger partial charge in [-0.3, -0.25) is 0 Å². The van der Waals surface area contributed by atoms with E-state index in [1.54, 1.807) is 0 Å². The van der Waals surface area contributed by atoms with Gasteiger partial charge in [0, 0.05) is 25.7 Å². The number of aromatic nitrogens is 1. The Balaban J connectivity index is 1.62. The Hall–Kier alpha value is -1.09.